The Labute approximate surface area is 135 Å². The number of anilines is 1. The highest BCUT2D eigenvalue weighted by atomic mass is 16.4. The Bertz CT molecular complexity index is 722. The summed E-state index contributed by atoms with van der Waals surface area (Å²) in [7, 11) is 0. The zero-order valence-corrected chi connectivity index (χ0v) is 13.5. The topological polar surface area (TPSA) is 84.2 Å². The van der Waals surface area contributed by atoms with Gasteiger partial charge in [-0.3, -0.25) is 4.79 Å². The van der Waals surface area contributed by atoms with Crippen molar-refractivity contribution in [3.63, 3.8) is 0 Å². The lowest BCUT2D eigenvalue weighted by atomic mass is 10.1. The minimum absolute atomic E-state index is 0.0209. The largest absolute Gasteiger partial charge is 0.478 e. The van der Waals surface area contributed by atoms with E-state index in [0.29, 0.717) is 17.1 Å². The predicted molar refractivity (Wildman–Crippen MR) is 88.0 cm³/mol. The number of aromatic carboxylic acids is 1. The summed E-state index contributed by atoms with van der Waals surface area (Å²) in [6, 6.07) is 7.20. The summed E-state index contributed by atoms with van der Waals surface area (Å²) in [4.78, 5) is 23.2. The monoisotopic (exact) mass is 315 g/mol. The van der Waals surface area contributed by atoms with Gasteiger partial charge < -0.3 is 10.4 Å². The molecule has 0 aliphatic rings. The van der Waals surface area contributed by atoms with Crippen molar-refractivity contribution in [2.24, 2.45) is 5.92 Å². The van der Waals surface area contributed by atoms with Crippen LogP contribution < -0.4 is 5.32 Å². The molecule has 6 nitrogen and oxygen atoms in total. The van der Waals surface area contributed by atoms with E-state index in [0.717, 1.165) is 12.8 Å². The Balaban J connectivity index is 2.23. The summed E-state index contributed by atoms with van der Waals surface area (Å²) in [6.45, 7) is 5.65. The van der Waals surface area contributed by atoms with Gasteiger partial charge in [-0.2, -0.15) is 5.10 Å². The van der Waals surface area contributed by atoms with Gasteiger partial charge in [0.15, 0.2) is 0 Å². The molecule has 0 radical (unpaired) electrons. The Morgan fingerprint density at radius 3 is 2.74 bits per heavy atom. The van der Waals surface area contributed by atoms with E-state index in [1.165, 1.54) is 6.20 Å². The van der Waals surface area contributed by atoms with Crippen molar-refractivity contribution < 1.29 is 14.7 Å². The van der Waals surface area contributed by atoms with Crippen molar-refractivity contribution in [2.45, 2.75) is 33.6 Å². The molecule has 1 heterocycles. The smallest absolute Gasteiger partial charge is 0.339 e. The van der Waals surface area contributed by atoms with Crippen molar-refractivity contribution in [3.05, 3.63) is 41.7 Å². The van der Waals surface area contributed by atoms with Crippen LogP contribution in [-0.2, 0) is 4.79 Å². The van der Waals surface area contributed by atoms with E-state index >= 15 is 0 Å². The van der Waals surface area contributed by atoms with Gasteiger partial charge in [0.25, 0.3) is 0 Å². The summed E-state index contributed by atoms with van der Waals surface area (Å²) < 4.78 is 1.55. The van der Waals surface area contributed by atoms with Gasteiger partial charge in [0, 0.05) is 11.6 Å². The molecule has 0 aliphatic heterocycles. The minimum atomic E-state index is -1.01. The second-order valence-electron chi connectivity index (χ2n) is 5.59. The third-order valence-corrected chi connectivity index (χ3v) is 3.77. The number of nitrogens with one attached hydrogen (secondary N) is 1. The first-order valence-electron chi connectivity index (χ1n) is 7.63. The second kappa shape index (κ2) is 7.09. The molecule has 23 heavy (non-hydrogen) atoms. The lowest BCUT2D eigenvalue weighted by molar-refractivity contribution is -0.119. The molecule has 0 aliphatic carbocycles. The molecule has 1 unspecified atom stereocenters. The molecule has 1 aromatic heterocycles. The Hall–Kier alpha value is -2.63. The van der Waals surface area contributed by atoms with Gasteiger partial charge >= 0.3 is 5.97 Å². The Kier molecular flexibility index (Phi) is 5.16. The molecule has 1 aromatic carbocycles. The average Bonchev–Trinajstić information content (AvgIpc) is 2.89. The number of amides is 1. The SMILES string of the molecule is CCCC(C)C(=O)Nc1cccc(-n2ncc(C(=O)O)c2C)c1. The number of rotatable bonds is 6. The van der Waals surface area contributed by atoms with E-state index in [9.17, 15) is 9.59 Å². The molecule has 1 atom stereocenters. The third-order valence-electron chi connectivity index (χ3n) is 3.77. The molecular formula is C17H21N3O3. The number of hydrogen-bond acceptors (Lipinski definition) is 3. The van der Waals surface area contributed by atoms with Gasteiger partial charge in [-0.05, 0) is 31.5 Å². The van der Waals surface area contributed by atoms with E-state index in [4.69, 9.17) is 5.11 Å². The van der Waals surface area contributed by atoms with Gasteiger partial charge in [-0.15, -0.1) is 0 Å². The van der Waals surface area contributed by atoms with Crippen molar-refractivity contribution in [1.82, 2.24) is 9.78 Å². The maximum absolute atomic E-state index is 12.1. The highest BCUT2D eigenvalue weighted by Gasteiger charge is 2.15. The Morgan fingerprint density at radius 1 is 1.39 bits per heavy atom. The molecule has 2 N–H and O–H groups in total. The van der Waals surface area contributed by atoms with Crippen LogP contribution in [0.4, 0.5) is 5.69 Å². The number of hydrogen-bond donors (Lipinski definition) is 2. The zero-order valence-electron chi connectivity index (χ0n) is 13.5. The zero-order chi connectivity index (χ0) is 17.0. The van der Waals surface area contributed by atoms with E-state index in [1.807, 2.05) is 19.9 Å². The molecular weight excluding hydrogens is 294 g/mol. The summed E-state index contributed by atoms with van der Waals surface area (Å²) >= 11 is 0. The van der Waals surface area contributed by atoms with E-state index in [1.54, 1.807) is 29.8 Å². The molecule has 0 saturated carbocycles. The molecule has 0 fully saturated rings. The van der Waals surface area contributed by atoms with Crippen LogP contribution in [0.15, 0.2) is 30.5 Å². The minimum Gasteiger partial charge on any atom is -0.478 e. The van der Waals surface area contributed by atoms with Crippen molar-refractivity contribution in [3.8, 4) is 5.69 Å². The molecule has 1 amide bonds. The van der Waals surface area contributed by atoms with E-state index in [-0.39, 0.29) is 17.4 Å². The van der Waals surface area contributed by atoms with Gasteiger partial charge in [0.05, 0.1) is 17.6 Å². The standard InChI is InChI=1S/C17H21N3O3/c1-4-6-11(2)16(21)19-13-7-5-8-14(9-13)20-12(3)15(10-18-20)17(22)23/h5,7-11H,4,6H2,1-3H3,(H,19,21)(H,22,23). The normalized spacial score (nSPS) is 12.0. The maximum Gasteiger partial charge on any atom is 0.339 e. The van der Waals surface area contributed by atoms with Crippen LogP contribution in [-0.4, -0.2) is 26.8 Å². The van der Waals surface area contributed by atoms with Gasteiger partial charge in [0.2, 0.25) is 5.91 Å². The lowest BCUT2D eigenvalue weighted by Crippen LogP contribution is -2.20. The van der Waals surface area contributed by atoms with Gasteiger partial charge in [-0.1, -0.05) is 26.3 Å². The molecule has 0 saturated heterocycles. The van der Waals surface area contributed by atoms with Gasteiger partial charge in [-0.25, -0.2) is 9.48 Å². The highest BCUT2D eigenvalue weighted by Crippen LogP contribution is 2.19. The summed E-state index contributed by atoms with van der Waals surface area (Å²) in [6.07, 6.45) is 3.12. The summed E-state index contributed by atoms with van der Waals surface area (Å²) in [5.41, 5.74) is 2.08. The van der Waals surface area contributed by atoms with Crippen molar-refractivity contribution in [2.75, 3.05) is 5.32 Å². The molecule has 2 aromatic rings. The van der Waals surface area contributed by atoms with Crippen LogP contribution in [0.1, 0.15) is 42.7 Å². The van der Waals surface area contributed by atoms with Crippen LogP contribution in [0.5, 0.6) is 0 Å². The van der Waals surface area contributed by atoms with Crippen molar-refractivity contribution >= 4 is 17.6 Å². The highest BCUT2D eigenvalue weighted by molar-refractivity contribution is 5.92. The predicted octanol–water partition coefficient (Wildman–Crippen LogP) is 3.25. The number of carbonyl (C=O) groups is 2. The first-order valence-corrected chi connectivity index (χ1v) is 7.63. The van der Waals surface area contributed by atoms with Gasteiger partial charge in [0.1, 0.15) is 5.56 Å². The molecule has 0 spiro atoms. The first kappa shape index (κ1) is 16.7. The summed E-state index contributed by atoms with van der Waals surface area (Å²) in [5, 5.41) is 16.1. The van der Waals surface area contributed by atoms with Crippen LogP contribution in [0.25, 0.3) is 5.69 Å². The fraction of sp³-hybridized carbons (Fsp3) is 0.353. The second-order valence-corrected chi connectivity index (χ2v) is 5.59. The van der Waals surface area contributed by atoms with Crippen LogP contribution in [0.2, 0.25) is 0 Å². The molecule has 0 bridgehead atoms. The van der Waals surface area contributed by atoms with Crippen LogP contribution >= 0.6 is 0 Å². The number of carboxylic acid groups (broad SMARTS) is 1. The third kappa shape index (κ3) is 3.77. The quantitative estimate of drug-likeness (QED) is 0.857. The van der Waals surface area contributed by atoms with Crippen LogP contribution in [0.3, 0.4) is 0 Å². The molecule has 6 heteroatoms. The molecule has 122 valence electrons. The first-order chi connectivity index (χ1) is 10.9. The number of nitrogens with zero attached hydrogens (tertiary/aromatic N) is 2. The van der Waals surface area contributed by atoms with E-state index < -0.39 is 5.97 Å². The Morgan fingerprint density at radius 2 is 2.13 bits per heavy atom. The number of carboxylic acids is 1. The summed E-state index contributed by atoms with van der Waals surface area (Å²) in [5.74, 6) is -1.08. The van der Waals surface area contributed by atoms with E-state index in [2.05, 4.69) is 10.4 Å². The fourth-order valence-corrected chi connectivity index (χ4v) is 2.42. The lowest BCUT2D eigenvalue weighted by Gasteiger charge is -2.12. The average molecular weight is 315 g/mol. The molecule has 2 rings (SSSR count). The fourth-order valence-electron chi connectivity index (χ4n) is 2.42. The number of aromatic nitrogens is 2. The maximum atomic E-state index is 12.1. The number of benzene rings is 1. The van der Waals surface area contributed by atoms with Crippen LogP contribution in [0, 0.1) is 12.8 Å². The van der Waals surface area contributed by atoms with Crippen molar-refractivity contribution in [1.29, 1.82) is 0 Å². The number of carbonyl (C=O) groups excluding carboxylic acids is 1.